The lowest BCUT2D eigenvalue weighted by Gasteiger charge is -2.24. The van der Waals surface area contributed by atoms with Crippen molar-refractivity contribution in [3.63, 3.8) is 0 Å². The second kappa shape index (κ2) is 9.82. The van der Waals surface area contributed by atoms with Gasteiger partial charge in [-0.05, 0) is 30.3 Å². The van der Waals surface area contributed by atoms with E-state index in [2.05, 4.69) is 130 Å². The van der Waals surface area contributed by atoms with E-state index in [9.17, 15) is 0 Å². The Bertz CT molecular complexity index is 2300. The number of amidine groups is 2. The monoisotopic (exact) mass is 565 g/mol. The number of fused-ring (bicyclic) bond motifs is 6. The van der Waals surface area contributed by atoms with E-state index in [4.69, 9.17) is 9.98 Å². The minimum Gasteiger partial charge on any atom is -0.324 e. The first-order valence-corrected chi connectivity index (χ1v) is 14.9. The van der Waals surface area contributed by atoms with Gasteiger partial charge in [0, 0.05) is 38.4 Å². The number of hydrogen-bond acceptors (Lipinski definition) is 3. The van der Waals surface area contributed by atoms with Crippen molar-refractivity contribution >= 4 is 55.3 Å². The summed E-state index contributed by atoms with van der Waals surface area (Å²) in [6, 6.07) is 53.2. The van der Waals surface area contributed by atoms with Crippen LogP contribution in [0.5, 0.6) is 0 Å². The van der Waals surface area contributed by atoms with Crippen molar-refractivity contribution in [1.29, 1.82) is 0 Å². The maximum absolute atomic E-state index is 5.24. The van der Waals surface area contributed by atoms with Gasteiger partial charge < -0.3 is 9.88 Å². The van der Waals surface area contributed by atoms with Crippen molar-refractivity contribution in [2.75, 3.05) is 0 Å². The summed E-state index contributed by atoms with van der Waals surface area (Å²) in [5, 5.41) is 8.38. The zero-order chi connectivity index (χ0) is 29.0. The third kappa shape index (κ3) is 3.80. The SMILES string of the molecule is c1ccc(C2=NC(n3c4ccccc4c4ccc(-n5c6ccccc6c6ccccc65)cc43)N=C(c3ccccc3)N2)cc1. The second-order valence-corrected chi connectivity index (χ2v) is 11.1. The fraction of sp³-hybridized carbons (Fsp3) is 0.0256. The lowest BCUT2D eigenvalue weighted by molar-refractivity contribution is 0.575. The van der Waals surface area contributed by atoms with Gasteiger partial charge in [-0.3, -0.25) is 4.57 Å². The van der Waals surface area contributed by atoms with Crippen LogP contribution in [0.25, 0.3) is 49.3 Å². The summed E-state index contributed by atoms with van der Waals surface area (Å²) in [5.41, 5.74) is 7.70. The molecule has 9 rings (SSSR count). The summed E-state index contributed by atoms with van der Waals surface area (Å²) in [7, 11) is 0. The van der Waals surface area contributed by atoms with Crippen molar-refractivity contribution in [3.05, 3.63) is 163 Å². The smallest absolute Gasteiger partial charge is 0.224 e. The standard InChI is InChI=1S/C39H27N5/c1-3-13-26(14-4-1)37-40-38(27-15-5-2-6-16-27)42-39(41-37)44-35-22-12-9-19-31(35)32-24-23-28(25-36(32)44)43-33-20-10-7-17-29(33)30-18-8-11-21-34(30)43/h1-25,39H,(H,40,41,42). The van der Waals surface area contributed by atoms with Gasteiger partial charge in [0.05, 0.1) is 22.1 Å². The summed E-state index contributed by atoms with van der Waals surface area (Å²) < 4.78 is 4.65. The molecule has 5 heteroatoms. The Balaban J connectivity index is 1.32. The van der Waals surface area contributed by atoms with Crippen LogP contribution in [0, 0.1) is 0 Å². The quantitative estimate of drug-likeness (QED) is 0.228. The first-order chi connectivity index (χ1) is 21.8. The van der Waals surface area contributed by atoms with E-state index in [1.807, 2.05) is 36.4 Å². The minimum absolute atomic E-state index is 0.502. The van der Waals surface area contributed by atoms with E-state index in [0.717, 1.165) is 39.5 Å². The molecule has 0 atom stereocenters. The fourth-order valence-corrected chi connectivity index (χ4v) is 6.61. The third-order valence-electron chi connectivity index (χ3n) is 8.58. The largest absolute Gasteiger partial charge is 0.324 e. The van der Waals surface area contributed by atoms with Crippen molar-refractivity contribution in [2.45, 2.75) is 6.29 Å². The number of nitrogens with zero attached hydrogens (tertiary/aromatic N) is 4. The van der Waals surface area contributed by atoms with Crippen LogP contribution < -0.4 is 5.32 Å². The van der Waals surface area contributed by atoms with Crippen LogP contribution in [-0.4, -0.2) is 20.8 Å². The summed E-state index contributed by atoms with van der Waals surface area (Å²) in [5.74, 6) is 1.60. The molecule has 44 heavy (non-hydrogen) atoms. The lowest BCUT2D eigenvalue weighted by Crippen LogP contribution is -2.36. The predicted molar refractivity (Wildman–Crippen MR) is 182 cm³/mol. The topological polar surface area (TPSA) is 46.6 Å². The normalized spacial score (nSPS) is 13.8. The van der Waals surface area contributed by atoms with Gasteiger partial charge in [-0.25, -0.2) is 9.98 Å². The number of aromatic nitrogens is 2. The summed E-state index contributed by atoms with van der Waals surface area (Å²) in [6.07, 6.45) is -0.502. The van der Waals surface area contributed by atoms with Crippen molar-refractivity contribution in [2.24, 2.45) is 9.98 Å². The van der Waals surface area contributed by atoms with Gasteiger partial charge in [0.2, 0.25) is 6.29 Å². The van der Waals surface area contributed by atoms with Crippen LogP contribution >= 0.6 is 0 Å². The van der Waals surface area contributed by atoms with Gasteiger partial charge in [0.1, 0.15) is 11.7 Å². The van der Waals surface area contributed by atoms with E-state index in [0.29, 0.717) is 0 Å². The van der Waals surface area contributed by atoms with Gasteiger partial charge >= 0.3 is 0 Å². The first-order valence-electron chi connectivity index (χ1n) is 14.9. The Hall–Kier alpha value is -5.94. The fourth-order valence-electron chi connectivity index (χ4n) is 6.61. The molecule has 0 bridgehead atoms. The summed E-state index contributed by atoms with van der Waals surface area (Å²) >= 11 is 0. The average molecular weight is 566 g/mol. The Morgan fingerprint density at radius 2 is 0.886 bits per heavy atom. The molecule has 1 N–H and O–H groups in total. The predicted octanol–water partition coefficient (Wildman–Crippen LogP) is 8.84. The average Bonchev–Trinajstić information content (AvgIpc) is 3.61. The first kappa shape index (κ1) is 24.6. The zero-order valence-corrected chi connectivity index (χ0v) is 23.8. The van der Waals surface area contributed by atoms with E-state index in [1.165, 1.54) is 32.6 Å². The molecule has 0 saturated carbocycles. The van der Waals surface area contributed by atoms with E-state index in [1.54, 1.807) is 0 Å². The highest BCUT2D eigenvalue weighted by Gasteiger charge is 2.24. The molecule has 8 aromatic rings. The van der Waals surface area contributed by atoms with E-state index >= 15 is 0 Å². The molecule has 0 saturated heterocycles. The molecule has 6 aromatic carbocycles. The highest BCUT2D eigenvalue weighted by atomic mass is 15.3. The van der Waals surface area contributed by atoms with Gasteiger partial charge in [0.25, 0.3) is 0 Å². The van der Waals surface area contributed by atoms with E-state index in [-0.39, 0.29) is 0 Å². The van der Waals surface area contributed by atoms with E-state index < -0.39 is 6.29 Å². The molecule has 0 spiro atoms. The summed E-state index contributed by atoms with van der Waals surface area (Å²) in [6.45, 7) is 0. The molecule has 5 nitrogen and oxygen atoms in total. The molecule has 0 radical (unpaired) electrons. The Kier molecular flexibility index (Phi) is 5.50. The van der Waals surface area contributed by atoms with Crippen LogP contribution in [-0.2, 0) is 0 Å². The Labute approximate surface area is 254 Å². The van der Waals surface area contributed by atoms with Gasteiger partial charge in [0.15, 0.2) is 0 Å². The third-order valence-corrected chi connectivity index (χ3v) is 8.58. The Morgan fingerprint density at radius 1 is 0.432 bits per heavy atom. The lowest BCUT2D eigenvalue weighted by atomic mass is 10.1. The molecule has 1 aliphatic heterocycles. The molecule has 208 valence electrons. The van der Waals surface area contributed by atoms with Crippen LogP contribution in [0.15, 0.2) is 162 Å². The van der Waals surface area contributed by atoms with Gasteiger partial charge in [-0.15, -0.1) is 0 Å². The van der Waals surface area contributed by atoms with Crippen molar-refractivity contribution in [3.8, 4) is 5.69 Å². The Morgan fingerprint density at radius 3 is 1.45 bits per heavy atom. The van der Waals surface area contributed by atoms with Gasteiger partial charge in [-0.1, -0.05) is 121 Å². The minimum atomic E-state index is -0.502. The number of aliphatic imine (C=N–C) groups is 2. The maximum Gasteiger partial charge on any atom is 0.224 e. The molecule has 0 amide bonds. The molecule has 2 aromatic heterocycles. The number of hydrogen-bond donors (Lipinski definition) is 1. The number of nitrogens with one attached hydrogen (secondary N) is 1. The maximum atomic E-state index is 5.24. The summed E-state index contributed by atoms with van der Waals surface area (Å²) in [4.78, 5) is 10.5. The van der Waals surface area contributed by atoms with Crippen molar-refractivity contribution < 1.29 is 0 Å². The second-order valence-electron chi connectivity index (χ2n) is 11.1. The molecule has 0 fully saturated rings. The molecule has 0 aliphatic carbocycles. The zero-order valence-electron chi connectivity index (χ0n) is 23.8. The molecule has 0 unspecified atom stereocenters. The highest BCUT2D eigenvalue weighted by Crippen LogP contribution is 2.37. The molecular formula is C39H27N5. The molecular weight excluding hydrogens is 538 g/mol. The molecule has 1 aliphatic rings. The number of para-hydroxylation sites is 3. The number of benzene rings is 6. The molecule has 3 heterocycles. The van der Waals surface area contributed by atoms with Crippen LogP contribution in [0.1, 0.15) is 17.4 Å². The van der Waals surface area contributed by atoms with Crippen LogP contribution in [0.4, 0.5) is 0 Å². The van der Waals surface area contributed by atoms with Gasteiger partial charge in [-0.2, -0.15) is 0 Å². The van der Waals surface area contributed by atoms with Crippen LogP contribution in [0.2, 0.25) is 0 Å². The van der Waals surface area contributed by atoms with Crippen LogP contribution in [0.3, 0.4) is 0 Å². The van der Waals surface area contributed by atoms with Crippen molar-refractivity contribution in [1.82, 2.24) is 14.5 Å². The highest BCUT2D eigenvalue weighted by molar-refractivity contribution is 6.16. The number of rotatable bonds is 4.